The molecule has 4 heteroatoms. The SMILES string of the molecule is Cc1nc2cc(Cl)cnc2n1C1CC1. The average molecular weight is 208 g/mol. The van der Waals surface area contributed by atoms with E-state index >= 15 is 0 Å². The molecule has 0 atom stereocenters. The van der Waals surface area contributed by atoms with Gasteiger partial charge in [-0.15, -0.1) is 0 Å². The molecule has 2 aromatic heterocycles. The average Bonchev–Trinajstić information content (AvgIpc) is 2.89. The maximum Gasteiger partial charge on any atom is 0.160 e. The quantitative estimate of drug-likeness (QED) is 0.720. The Morgan fingerprint density at radius 1 is 1.50 bits per heavy atom. The highest BCUT2D eigenvalue weighted by Gasteiger charge is 2.27. The molecule has 0 amide bonds. The molecule has 72 valence electrons. The molecule has 0 bridgehead atoms. The van der Waals surface area contributed by atoms with Crippen molar-refractivity contribution in [1.29, 1.82) is 0 Å². The Morgan fingerprint density at radius 2 is 2.29 bits per heavy atom. The number of hydrogen-bond acceptors (Lipinski definition) is 2. The normalized spacial score (nSPS) is 16.4. The molecule has 14 heavy (non-hydrogen) atoms. The number of halogens is 1. The van der Waals surface area contributed by atoms with Crippen LogP contribution in [0.2, 0.25) is 5.02 Å². The Morgan fingerprint density at radius 3 is 3.00 bits per heavy atom. The van der Waals surface area contributed by atoms with E-state index in [1.54, 1.807) is 6.20 Å². The van der Waals surface area contributed by atoms with Crippen LogP contribution in [0.1, 0.15) is 24.7 Å². The minimum atomic E-state index is 0.619. The van der Waals surface area contributed by atoms with Crippen molar-refractivity contribution in [3.8, 4) is 0 Å². The summed E-state index contributed by atoms with van der Waals surface area (Å²) >= 11 is 5.86. The maximum atomic E-state index is 5.86. The van der Waals surface area contributed by atoms with Gasteiger partial charge in [-0.25, -0.2) is 9.97 Å². The number of rotatable bonds is 1. The molecule has 3 nitrogen and oxygen atoms in total. The van der Waals surface area contributed by atoms with Gasteiger partial charge in [-0.2, -0.15) is 0 Å². The number of imidazole rings is 1. The van der Waals surface area contributed by atoms with Crippen molar-refractivity contribution in [2.75, 3.05) is 0 Å². The third-order valence-corrected chi connectivity index (χ3v) is 2.79. The van der Waals surface area contributed by atoms with Gasteiger partial charge < -0.3 is 4.57 Å². The molecule has 2 heterocycles. The van der Waals surface area contributed by atoms with Gasteiger partial charge >= 0.3 is 0 Å². The fourth-order valence-corrected chi connectivity index (χ4v) is 1.99. The van der Waals surface area contributed by atoms with Crippen LogP contribution < -0.4 is 0 Å². The molecule has 0 aliphatic heterocycles. The second-order valence-electron chi connectivity index (χ2n) is 3.76. The highest BCUT2D eigenvalue weighted by Crippen LogP contribution is 2.38. The van der Waals surface area contributed by atoms with E-state index < -0.39 is 0 Å². The third kappa shape index (κ3) is 1.12. The van der Waals surface area contributed by atoms with Gasteiger partial charge in [-0.1, -0.05) is 11.6 Å². The van der Waals surface area contributed by atoms with Crippen LogP contribution in [0.25, 0.3) is 11.2 Å². The minimum absolute atomic E-state index is 0.619. The molecule has 0 radical (unpaired) electrons. The second kappa shape index (κ2) is 2.70. The first-order chi connectivity index (χ1) is 6.75. The molecular formula is C10H10ClN3. The van der Waals surface area contributed by atoms with E-state index in [0.29, 0.717) is 11.1 Å². The fourth-order valence-electron chi connectivity index (χ4n) is 1.84. The Labute approximate surface area is 86.7 Å². The summed E-state index contributed by atoms with van der Waals surface area (Å²) in [5, 5.41) is 0.651. The first-order valence-electron chi connectivity index (χ1n) is 4.76. The lowest BCUT2D eigenvalue weighted by Crippen LogP contribution is -1.97. The molecule has 1 aliphatic carbocycles. The first-order valence-corrected chi connectivity index (χ1v) is 5.13. The van der Waals surface area contributed by atoms with E-state index in [2.05, 4.69) is 14.5 Å². The van der Waals surface area contributed by atoms with Gasteiger partial charge in [0, 0.05) is 12.2 Å². The summed E-state index contributed by atoms with van der Waals surface area (Å²) in [6.07, 6.45) is 4.18. The van der Waals surface area contributed by atoms with Crippen LogP contribution in [0, 0.1) is 6.92 Å². The van der Waals surface area contributed by atoms with Crippen molar-refractivity contribution < 1.29 is 0 Å². The van der Waals surface area contributed by atoms with E-state index in [1.807, 2.05) is 13.0 Å². The van der Waals surface area contributed by atoms with Crippen LogP contribution in [0.5, 0.6) is 0 Å². The number of nitrogens with zero attached hydrogens (tertiary/aromatic N) is 3. The zero-order valence-electron chi connectivity index (χ0n) is 7.87. The van der Waals surface area contributed by atoms with Gasteiger partial charge in [0.1, 0.15) is 11.3 Å². The van der Waals surface area contributed by atoms with Crippen molar-refractivity contribution in [2.24, 2.45) is 0 Å². The van der Waals surface area contributed by atoms with Crippen molar-refractivity contribution in [1.82, 2.24) is 14.5 Å². The van der Waals surface area contributed by atoms with Gasteiger partial charge in [0.15, 0.2) is 5.65 Å². The molecule has 0 N–H and O–H groups in total. The molecular weight excluding hydrogens is 198 g/mol. The van der Waals surface area contributed by atoms with Gasteiger partial charge in [0.2, 0.25) is 0 Å². The molecule has 1 fully saturated rings. The maximum absolute atomic E-state index is 5.86. The predicted octanol–water partition coefficient (Wildman–Crippen LogP) is 2.73. The predicted molar refractivity (Wildman–Crippen MR) is 55.5 cm³/mol. The van der Waals surface area contributed by atoms with Gasteiger partial charge in [0.25, 0.3) is 0 Å². The second-order valence-corrected chi connectivity index (χ2v) is 4.19. The Hall–Kier alpha value is -1.09. The number of aromatic nitrogens is 3. The molecule has 3 rings (SSSR count). The van der Waals surface area contributed by atoms with Gasteiger partial charge in [-0.3, -0.25) is 0 Å². The van der Waals surface area contributed by atoms with Gasteiger partial charge in [0.05, 0.1) is 5.02 Å². The van der Waals surface area contributed by atoms with Crippen molar-refractivity contribution in [2.45, 2.75) is 25.8 Å². The lowest BCUT2D eigenvalue weighted by molar-refractivity contribution is 0.726. The van der Waals surface area contributed by atoms with Gasteiger partial charge in [-0.05, 0) is 25.8 Å². The highest BCUT2D eigenvalue weighted by atomic mass is 35.5. The van der Waals surface area contributed by atoms with Crippen LogP contribution in [-0.2, 0) is 0 Å². The Balaban J connectivity index is 2.32. The van der Waals surface area contributed by atoms with Crippen molar-refractivity contribution >= 4 is 22.8 Å². The Bertz CT molecular complexity index is 499. The highest BCUT2D eigenvalue weighted by molar-refractivity contribution is 6.31. The van der Waals surface area contributed by atoms with Crippen molar-refractivity contribution in [3.05, 3.63) is 23.1 Å². The van der Waals surface area contributed by atoms with Crippen LogP contribution in [-0.4, -0.2) is 14.5 Å². The fraction of sp³-hybridized carbons (Fsp3) is 0.400. The zero-order chi connectivity index (χ0) is 9.71. The van der Waals surface area contributed by atoms with E-state index in [4.69, 9.17) is 11.6 Å². The summed E-state index contributed by atoms with van der Waals surface area (Å²) in [5.74, 6) is 1.04. The zero-order valence-corrected chi connectivity index (χ0v) is 8.62. The monoisotopic (exact) mass is 207 g/mol. The van der Waals surface area contributed by atoms with Crippen LogP contribution in [0.3, 0.4) is 0 Å². The summed E-state index contributed by atoms with van der Waals surface area (Å²) < 4.78 is 2.21. The minimum Gasteiger partial charge on any atom is -0.310 e. The summed E-state index contributed by atoms with van der Waals surface area (Å²) in [6.45, 7) is 2.02. The molecule has 1 aliphatic rings. The lowest BCUT2D eigenvalue weighted by Gasteiger charge is -2.01. The third-order valence-electron chi connectivity index (χ3n) is 2.58. The van der Waals surface area contributed by atoms with E-state index in [0.717, 1.165) is 17.0 Å². The Kier molecular flexibility index (Phi) is 1.59. The topological polar surface area (TPSA) is 30.7 Å². The number of hydrogen-bond donors (Lipinski definition) is 0. The van der Waals surface area contributed by atoms with Crippen LogP contribution in [0.15, 0.2) is 12.3 Å². The van der Waals surface area contributed by atoms with E-state index in [9.17, 15) is 0 Å². The summed E-state index contributed by atoms with van der Waals surface area (Å²) in [6, 6.07) is 2.49. The molecule has 2 aromatic rings. The number of aryl methyl sites for hydroxylation is 1. The largest absolute Gasteiger partial charge is 0.310 e. The first kappa shape index (κ1) is 8.24. The number of fused-ring (bicyclic) bond motifs is 1. The van der Waals surface area contributed by atoms with Crippen LogP contribution in [0.4, 0.5) is 0 Å². The molecule has 0 spiro atoms. The summed E-state index contributed by atoms with van der Waals surface area (Å²) in [5.41, 5.74) is 1.87. The molecule has 0 aromatic carbocycles. The molecule has 1 saturated carbocycles. The van der Waals surface area contributed by atoms with Crippen LogP contribution >= 0.6 is 11.6 Å². The smallest absolute Gasteiger partial charge is 0.160 e. The van der Waals surface area contributed by atoms with E-state index in [1.165, 1.54) is 12.8 Å². The molecule has 0 unspecified atom stereocenters. The lowest BCUT2D eigenvalue weighted by atomic mass is 10.4. The summed E-state index contributed by atoms with van der Waals surface area (Å²) in [4.78, 5) is 8.78. The molecule has 0 saturated heterocycles. The summed E-state index contributed by atoms with van der Waals surface area (Å²) in [7, 11) is 0. The van der Waals surface area contributed by atoms with Crippen molar-refractivity contribution in [3.63, 3.8) is 0 Å². The van der Waals surface area contributed by atoms with E-state index in [-0.39, 0.29) is 0 Å². The standard InChI is InChI=1S/C10H10ClN3/c1-6-13-9-4-7(11)5-12-10(9)14(6)8-2-3-8/h4-5,8H,2-3H2,1H3. The number of pyridine rings is 1.